The zero-order chi connectivity index (χ0) is 18.7. The molecule has 2 saturated heterocycles. The van der Waals surface area contributed by atoms with Gasteiger partial charge in [0, 0.05) is 50.6 Å². The smallest absolute Gasteiger partial charge is 0.193 e. The molecular weight excluding hydrogens is 380 g/mol. The number of ether oxygens (including phenoxy) is 2. The lowest BCUT2D eigenvalue weighted by Crippen LogP contribution is -2.47. The number of thioether (sulfide) groups is 1. The maximum Gasteiger partial charge on any atom is 0.193 e. The van der Waals surface area contributed by atoms with E-state index in [1.54, 1.807) is 11.3 Å². The van der Waals surface area contributed by atoms with Crippen LogP contribution in [0.1, 0.15) is 38.5 Å². The molecule has 8 heteroatoms. The summed E-state index contributed by atoms with van der Waals surface area (Å²) >= 11 is 3.53. The van der Waals surface area contributed by atoms with Crippen molar-refractivity contribution in [1.29, 1.82) is 0 Å². The maximum absolute atomic E-state index is 6.11. The van der Waals surface area contributed by atoms with Crippen molar-refractivity contribution in [2.75, 3.05) is 45.6 Å². The number of rotatable bonds is 8. The Bertz CT molecular complexity index is 542. The molecule has 3 heterocycles. The third-order valence-corrected chi connectivity index (χ3v) is 7.04. The molecule has 0 spiro atoms. The highest BCUT2D eigenvalue weighted by atomic mass is 32.2. The van der Waals surface area contributed by atoms with Gasteiger partial charge in [-0.05, 0) is 38.5 Å². The Kier molecular flexibility index (Phi) is 9.20. The fourth-order valence-corrected chi connectivity index (χ4v) is 5.11. The van der Waals surface area contributed by atoms with E-state index in [1.807, 2.05) is 30.4 Å². The number of nitrogens with one attached hydrogen (secondary N) is 1. The molecule has 1 aromatic rings. The molecule has 152 valence electrons. The van der Waals surface area contributed by atoms with Gasteiger partial charge in [-0.2, -0.15) is 0 Å². The summed E-state index contributed by atoms with van der Waals surface area (Å²) in [5, 5.41) is 5.53. The van der Waals surface area contributed by atoms with Gasteiger partial charge in [0.1, 0.15) is 4.34 Å². The number of guanidine groups is 1. The first-order valence-corrected chi connectivity index (χ1v) is 11.9. The molecule has 0 bridgehead atoms. The lowest BCUT2D eigenvalue weighted by molar-refractivity contribution is -0.0721. The molecule has 1 unspecified atom stereocenters. The van der Waals surface area contributed by atoms with E-state index < -0.39 is 0 Å². The molecule has 0 aliphatic carbocycles. The van der Waals surface area contributed by atoms with Gasteiger partial charge < -0.3 is 19.7 Å². The van der Waals surface area contributed by atoms with Crippen LogP contribution in [0.15, 0.2) is 20.9 Å². The topological polar surface area (TPSA) is 59.0 Å². The van der Waals surface area contributed by atoms with Crippen LogP contribution in [0.25, 0.3) is 0 Å². The zero-order valence-electron chi connectivity index (χ0n) is 16.3. The summed E-state index contributed by atoms with van der Waals surface area (Å²) < 4.78 is 13.0. The minimum atomic E-state index is 0.313. The van der Waals surface area contributed by atoms with Crippen LogP contribution in [-0.2, 0) is 9.47 Å². The van der Waals surface area contributed by atoms with Gasteiger partial charge in [0.15, 0.2) is 5.96 Å². The van der Waals surface area contributed by atoms with Crippen LogP contribution in [0.4, 0.5) is 0 Å². The number of hydrogen-bond acceptors (Lipinski definition) is 6. The summed E-state index contributed by atoms with van der Waals surface area (Å²) in [5.74, 6) is 2.10. The molecule has 6 nitrogen and oxygen atoms in total. The Hall–Kier alpha value is -0.830. The van der Waals surface area contributed by atoms with Crippen LogP contribution in [0.5, 0.6) is 0 Å². The Morgan fingerprint density at radius 1 is 1.41 bits per heavy atom. The molecule has 0 amide bonds. The largest absolute Gasteiger partial charge is 0.376 e. The normalized spacial score (nSPS) is 22.2. The van der Waals surface area contributed by atoms with Gasteiger partial charge in [-0.25, -0.2) is 4.98 Å². The summed E-state index contributed by atoms with van der Waals surface area (Å²) in [6, 6.07) is 0. The van der Waals surface area contributed by atoms with Crippen molar-refractivity contribution >= 4 is 29.1 Å². The van der Waals surface area contributed by atoms with E-state index in [-0.39, 0.29) is 0 Å². The van der Waals surface area contributed by atoms with Crippen molar-refractivity contribution < 1.29 is 9.47 Å². The van der Waals surface area contributed by atoms with Crippen LogP contribution in [0.3, 0.4) is 0 Å². The van der Waals surface area contributed by atoms with Gasteiger partial charge in [-0.15, -0.1) is 11.3 Å². The predicted octanol–water partition coefficient (Wildman–Crippen LogP) is 3.25. The second-order valence-electron chi connectivity index (χ2n) is 6.98. The maximum atomic E-state index is 6.11. The molecule has 1 aromatic heterocycles. The van der Waals surface area contributed by atoms with E-state index in [2.05, 4.69) is 20.2 Å². The van der Waals surface area contributed by atoms with E-state index in [4.69, 9.17) is 9.47 Å². The molecule has 2 fully saturated rings. The number of aliphatic imine (C=N–C) groups is 1. The Morgan fingerprint density at radius 2 is 2.30 bits per heavy atom. The fourth-order valence-electron chi connectivity index (χ4n) is 3.46. The summed E-state index contributed by atoms with van der Waals surface area (Å²) in [6.45, 7) is 4.61. The lowest BCUT2D eigenvalue weighted by atomic mass is 10.1. The van der Waals surface area contributed by atoms with Gasteiger partial charge in [-0.3, -0.25) is 4.99 Å². The van der Waals surface area contributed by atoms with Crippen LogP contribution < -0.4 is 5.32 Å². The van der Waals surface area contributed by atoms with Gasteiger partial charge >= 0.3 is 0 Å². The number of likely N-dealkylation sites (tertiary alicyclic amines) is 1. The van der Waals surface area contributed by atoms with Crippen molar-refractivity contribution in [3.63, 3.8) is 0 Å². The van der Waals surface area contributed by atoms with E-state index in [9.17, 15) is 0 Å². The summed E-state index contributed by atoms with van der Waals surface area (Å²) in [4.78, 5) is 11.1. The van der Waals surface area contributed by atoms with Crippen LogP contribution in [0, 0.1) is 0 Å². The van der Waals surface area contributed by atoms with Gasteiger partial charge in [0.05, 0.1) is 18.8 Å². The summed E-state index contributed by atoms with van der Waals surface area (Å²) in [6.07, 6.45) is 9.39. The highest BCUT2D eigenvalue weighted by Gasteiger charge is 2.23. The number of piperidine rings is 1. The second-order valence-corrected chi connectivity index (χ2v) is 9.22. The van der Waals surface area contributed by atoms with E-state index in [0.29, 0.717) is 12.2 Å². The molecule has 1 atom stereocenters. The number of hydrogen-bond donors (Lipinski definition) is 1. The minimum absolute atomic E-state index is 0.313. The molecular formula is C19H32N4O2S2. The predicted molar refractivity (Wildman–Crippen MR) is 113 cm³/mol. The molecule has 0 radical (unpaired) electrons. The first-order valence-electron chi connectivity index (χ1n) is 10.1. The molecule has 2 aliphatic rings. The number of nitrogens with zero attached hydrogens (tertiary/aromatic N) is 3. The van der Waals surface area contributed by atoms with Crippen molar-refractivity contribution in [1.82, 2.24) is 15.2 Å². The highest BCUT2D eigenvalue weighted by Crippen LogP contribution is 2.20. The average molecular weight is 413 g/mol. The van der Waals surface area contributed by atoms with Crippen LogP contribution in [0.2, 0.25) is 0 Å². The Labute approximate surface area is 171 Å². The third-order valence-electron chi connectivity index (χ3n) is 4.98. The number of aromatic nitrogens is 1. The molecule has 0 aromatic carbocycles. The minimum Gasteiger partial charge on any atom is -0.376 e. The average Bonchev–Trinajstić information content (AvgIpc) is 3.24. The van der Waals surface area contributed by atoms with Crippen LogP contribution >= 0.6 is 23.1 Å². The standard InChI is InChI=1S/C19H32N4O2S2/c1-20-18(21-8-4-13-26-19-22-9-14-27-19)23-10-6-16(7-11-23)25-15-17-5-2-3-12-24-17/h9,14,16-17H,2-8,10-13,15H2,1H3,(H,20,21). The van der Waals surface area contributed by atoms with E-state index in [1.165, 1.54) is 12.8 Å². The third kappa shape index (κ3) is 7.25. The quantitative estimate of drug-likeness (QED) is 0.306. The van der Waals surface area contributed by atoms with Gasteiger partial charge in [0.2, 0.25) is 0 Å². The SMILES string of the molecule is CN=C(NCCCSc1nccs1)N1CCC(OCC2CCCCO2)CC1. The van der Waals surface area contributed by atoms with Gasteiger partial charge in [-0.1, -0.05) is 11.8 Å². The molecule has 27 heavy (non-hydrogen) atoms. The molecule has 1 N–H and O–H groups in total. The zero-order valence-corrected chi connectivity index (χ0v) is 17.9. The Balaban J connectivity index is 1.27. The summed E-state index contributed by atoms with van der Waals surface area (Å²) in [7, 11) is 1.87. The first-order chi connectivity index (χ1) is 13.3. The lowest BCUT2D eigenvalue weighted by Gasteiger charge is -2.35. The van der Waals surface area contributed by atoms with Crippen molar-refractivity contribution in [3.05, 3.63) is 11.6 Å². The summed E-state index contributed by atoms with van der Waals surface area (Å²) in [5.41, 5.74) is 0. The monoisotopic (exact) mass is 412 g/mol. The number of thiazole rings is 1. The fraction of sp³-hybridized carbons (Fsp3) is 0.789. The van der Waals surface area contributed by atoms with Crippen molar-refractivity contribution in [2.45, 2.75) is 55.1 Å². The first kappa shape index (κ1) is 20.9. The van der Waals surface area contributed by atoms with E-state index >= 15 is 0 Å². The highest BCUT2D eigenvalue weighted by molar-refractivity contribution is 8.00. The molecule has 3 rings (SSSR count). The van der Waals surface area contributed by atoms with Crippen LogP contribution in [-0.4, -0.2) is 73.7 Å². The van der Waals surface area contributed by atoms with E-state index in [0.717, 1.165) is 74.6 Å². The second kappa shape index (κ2) is 11.9. The van der Waals surface area contributed by atoms with Gasteiger partial charge in [0.25, 0.3) is 0 Å². The van der Waals surface area contributed by atoms with Crippen molar-refractivity contribution in [3.8, 4) is 0 Å². The molecule has 0 saturated carbocycles. The Morgan fingerprint density at radius 3 is 3.00 bits per heavy atom. The van der Waals surface area contributed by atoms with Crippen molar-refractivity contribution in [2.24, 2.45) is 4.99 Å². The molecule has 2 aliphatic heterocycles.